The quantitative estimate of drug-likeness (QED) is 0.660. The van der Waals surface area contributed by atoms with E-state index < -0.39 is 0 Å². The lowest BCUT2D eigenvalue weighted by Gasteiger charge is -2.29. The summed E-state index contributed by atoms with van der Waals surface area (Å²) in [6.07, 6.45) is 0. The molecule has 3 rings (SSSR count). The van der Waals surface area contributed by atoms with Crippen LogP contribution in [-0.2, 0) is 17.9 Å². The molecule has 0 bridgehead atoms. The molecule has 138 valence electrons. The van der Waals surface area contributed by atoms with Gasteiger partial charge in [-0.25, -0.2) is 0 Å². The second-order valence-electron chi connectivity index (χ2n) is 6.85. The molecule has 4 nitrogen and oxygen atoms in total. The molecule has 0 atom stereocenters. The van der Waals surface area contributed by atoms with E-state index in [4.69, 9.17) is 23.2 Å². The maximum Gasteiger partial charge on any atom is 0.275 e. The normalized spacial score (nSPS) is 19.9. The Bertz CT molecular complexity index is 745. The molecule has 0 unspecified atom stereocenters. The second kappa shape index (κ2) is 9.38. The summed E-state index contributed by atoms with van der Waals surface area (Å²) >= 11 is 12.2. The second-order valence-corrected chi connectivity index (χ2v) is 7.70. The highest BCUT2D eigenvalue weighted by Crippen LogP contribution is 2.14. The highest BCUT2D eigenvalue weighted by atomic mass is 35.5. The smallest absolute Gasteiger partial charge is 0.275 e. The molecule has 3 N–H and O–H groups in total. The molecule has 0 saturated carbocycles. The van der Waals surface area contributed by atoms with E-state index >= 15 is 0 Å². The van der Waals surface area contributed by atoms with Crippen molar-refractivity contribution in [1.82, 2.24) is 5.32 Å². The van der Waals surface area contributed by atoms with Gasteiger partial charge in [0, 0.05) is 22.2 Å². The SMILES string of the molecule is O=C(C[NH+]1CC[NH+](Cc2cccc(Cl)c2)CC1)NCc1ccccc1Cl. The van der Waals surface area contributed by atoms with Gasteiger partial charge in [0.2, 0.25) is 0 Å². The van der Waals surface area contributed by atoms with Gasteiger partial charge in [0.1, 0.15) is 32.7 Å². The minimum absolute atomic E-state index is 0.0817. The first kappa shape index (κ1) is 19.2. The van der Waals surface area contributed by atoms with E-state index in [-0.39, 0.29) is 5.91 Å². The van der Waals surface area contributed by atoms with Gasteiger partial charge in [-0.15, -0.1) is 0 Å². The molecule has 2 aromatic rings. The van der Waals surface area contributed by atoms with Crippen molar-refractivity contribution in [2.45, 2.75) is 13.1 Å². The van der Waals surface area contributed by atoms with Crippen LogP contribution in [-0.4, -0.2) is 38.6 Å². The number of quaternary nitrogens is 2. The lowest BCUT2D eigenvalue weighted by atomic mass is 10.2. The van der Waals surface area contributed by atoms with Crippen molar-refractivity contribution in [2.75, 3.05) is 32.7 Å². The molecule has 1 fully saturated rings. The summed E-state index contributed by atoms with van der Waals surface area (Å²) in [5.74, 6) is 0.0817. The number of amides is 1. The standard InChI is InChI=1S/C20H23Cl2N3O/c21-18-6-3-4-16(12-18)14-24-8-10-25(11-9-24)15-20(26)23-13-17-5-1-2-7-19(17)22/h1-7,12H,8-11,13-15H2,(H,23,26)/p+2. The largest absolute Gasteiger partial charge is 0.347 e. The third-order valence-corrected chi connectivity index (χ3v) is 5.46. The van der Waals surface area contributed by atoms with Crippen LogP contribution in [0.15, 0.2) is 48.5 Å². The van der Waals surface area contributed by atoms with Crippen LogP contribution in [0.5, 0.6) is 0 Å². The van der Waals surface area contributed by atoms with Gasteiger partial charge in [0.25, 0.3) is 5.91 Å². The van der Waals surface area contributed by atoms with Crippen LogP contribution in [0.25, 0.3) is 0 Å². The van der Waals surface area contributed by atoms with Gasteiger partial charge in [-0.05, 0) is 23.8 Å². The molecule has 1 aliphatic rings. The zero-order valence-corrected chi connectivity index (χ0v) is 16.2. The number of carbonyl (C=O) groups is 1. The molecule has 1 amide bonds. The van der Waals surface area contributed by atoms with Crippen LogP contribution >= 0.6 is 23.2 Å². The Morgan fingerprint density at radius 2 is 1.69 bits per heavy atom. The number of nitrogens with one attached hydrogen (secondary N) is 3. The lowest BCUT2D eigenvalue weighted by molar-refractivity contribution is -1.02. The average Bonchev–Trinajstić information content (AvgIpc) is 2.63. The Kier molecular flexibility index (Phi) is 6.92. The lowest BCUT2D eigenvalue weighted by Crippen LogP contribution is -3.28. The van der Waals surface area contributed by atoms with Gasteiger partial charge in [-0.2, -0.15) is 0 Å². The molecule has 0 spiro atoms. The topological polar surface area (TPSA) is 38.0 Å². The number of benzene rings is 2. The van der Waals surface area contributed by atoms with E-state index in [1.54, 1.807) is 4.90 Å². The minimum Gasteiger partial charge on any atom is -0.347 e. The van der Waals surface area contributed by atoms with Crippen LogP contribution < -0.4 is 15.1 Å². The summed E-state index contributed by atoms with van der Waals surface area (Å²) in [5, 5.41) is 4.46. The van der Waals surface area contributed by atoms with E-state index in [1.807, 2.05) is 42.5 Å². The van der Waals surface area contributed by atoms with Crippen molar-refractivity contribution in [3.05, 3.63) is 69.7 Å². The van der Waals surface area contributed by atoms with E-state index in [2.05, 4.69) is 11.4 Å². The molecule has 2 aromatic carbocycles. The van der Waals surface area contributed by atoms with E-state index in [0.29, 0.717) is 18.1 Å². The molecule has 0 aromatic heterocycles. The Hall–Kier alpha value is -1.59. The number of carbonyl (C=O) groups excluding carboxylic acids is 1. The maximum absolute atomic E-state index is 12.2. The first-order chi connectivity index (χ1) is 12.6. The summed E-state index contributed by atoms with van der Waals surface area (Å²) < 4.78 is 0. The number of hydrogen-bond acceptors (Lipinski definition) is 1. The van der Waals surface area contributed by atoms with Crippen molar-refractivity contribution >= 4 is 29.1 Å². The highest BCUT2D eigenvalue weighted by molar-refractivity contribution is 6.31. The zero-order valence-electron chi connectivity index (χ0n) is 14.7. The first-order valence-corrected chi connectivity index (χ1v) is 9.77. The van der Waals surface area contributed by atoms with Crippen LogP contribution in [0.3, 0.4) is 0 Å². The molecular weight excluding hydrogens is 369 g/mol. The Balaban J connectivity index is 1.39. The van der Waals surface area contributed by atoms with Gasteiger partial charge < -0.3 is 15.1 Å². The van der Waals surface area contributed by atoms with Crippen molar-refractivity contribution in [3.63, 3.8) is 0 Å². The monoisotopic (exact) mass is 393 g/mol. The predicted octanol–water partition coefficient (Wildman–Crippen LogP) is 0.593. The zero-order chi connectivity index (χ0) is 18.4. The van der Waals surface area contributed by atoms with Crippen molar-refractivity contribution in [3.8, 4) is 0 Å². The molecule has 6 heteroatoms. The number of hydrogen-bond donors (Lipinski definition) is 3. The number of halogens is 2. The van der Waals surface area contributed by atoms with E-state index in [0.717, 1.165) is 43.3 Å². The number of piperazine rings is 1. The molecule has 1 heterocycles. The molecule has 1 aliphatic heterocycles. The van der Waals surface area contributed by atoms with Gasteiger partial charge in [-0.1, -0.05) is 53.5 Å². The summed E-state index contributed by atoms with van der Waals surface area (Å²) in [7, 11) is 0. The Morgan fingerprint density at radius 3 is 2.42 bits per heavy atom. The summed E-state index contributed by atoms with van der Waals surface area (Å²) in [6.45, 7) is 6.16. The van der Waals surface area contributed by atoms with Gasteiger partial charge in [0.05, 0.1) is 0 Å². The Labute approximate surface area is 164 Å². The van der Waals surface area contributed by atoms with Gasteiger partial charge in [0.15, 0.2) is 6.54 Å². The van der Waals surface area contributed by atoms with Crippen LogP contribution in [0, 0.1) is 0 Å². The molecule has 0 aliphatic carbocycles. The van der Waals surface area contributed by atoms with Crippen molar-refractivity contribution < 1.29 is 14.6 Å². The average molecular weight is 394 g/mol. The third kappa shape index (κ3) is 5.71. The highest BCUT2D eigenvalue weighted by Gasteiger charge is 2.24. The third-order valence-electron chi connectivity index (χ3n) is 4.85. The molecule has 0 radical (unpaired) electrons. The fraction of sp³-hybridized carbons (Fsp3) is 0.350. The van der Waals surface area contributed by atoms with E-state index in [9.17, 15) is 4.79 Å². The fourth-order valence-electron chi connectivity index (χ4n) is 3.37. The van der Waals surface area contributed by atoms with Crippen LogP contribution in [0.2, 0.25) is 10.0 Å². The van der Waals surface area contributed by atoms with Gasteiger partial charge >= 0.3 is 0 Å². The molecule has 1 saturated heterocycles. The van der Waals surface area contributed by atoms with Crippen molar-refractivity contribution in [2.24, 2.45) is 0 Å². The Morgan fingerprint density at radius 1 is 0.962 bits per heavy atom. The fourth-order valence-corrected chi connectivity index (χ4v) is 3.79. The predicted molar refractivity (Wildman–Crippen MR) is 105 cm³/mol. The first-order valence-electron chi connectivity index (χ1n) is 9.02. The van der Waals surface area contributed by atoms with Crippen LogP contribution in [0.1, 0.15) is 11.1 Å². The summed E-state index contributed by atoms with van der Waals surface area (Å²) in [6, 6.07) is 15.7. The minimum atomic E-state index is 0.0817. The van der Waals surface area contributed by atoms with E-state index in [1.165, 1.54) is 10.5 Å². The van der Waals surface area contributed by atoms with Crippen LogP contribution in [0.4, 0.5) is 0 Å². The molecule has 26 heavy (non-hydrogen) atoms. The number of rotatable bonds is 6. The van der Waals surface area contributed by atoms with Gasteiger partial charge in [-0.3, -0.25) is 4.79 Å². The summed E-state index contributed by atoms with van der Waals surface area (Å²) in [5.41, 5.74) is 2.22. The maximum atomic E-state index is 12.2. The van der Waals surface area contributed by atoms with Crippen molar-refractivity contribution in [1.29, 1.82) is 0 Å². The molecular formula is C20H25Cl2N3O+2. The summed E-state index contributed by atoms with van der Waals surface area (Å²) in [4.78, 5) is 15.1.